The quantitative estimate of drug-likeness (QED) is 0.778. The van der Waals surface area contributed by atoms with Crippen LogP contribution in [0.15, 0.2) is 12.7 Å². The second-order valence-corrected chi connectivity index (χ2v) is 7.30. The molecule has 3 fully saturated rings. The molecule has 0 aromatic carbocycles. The molecule has 0 spiro atoms. The van der Waals surface area contributed by atoms with Gasteiger partial charge in [-0.25, -0.2) is 4.79 Å². The molecule has 2 saturated heterocycles. The summed E-state index contributed by atoms with van der Waals surface area (Å²) in [6.07, 6.45) is 4.17. The van der Waals surface area contributed by atoms with Crippen LogP contribution in [0.2, 0.25) is 0 Å². The third-order valence-electron chi connectivity index (χ3n) is 4.30. The lowest BCUT2D eigenvalue weighted by molar-refractivity contribution is -0.163. The summed E-state index contributed by atoms with van der Waals surface area (Å²) in [7, 11) is 0. The highest BCUT2D eigenvalue weighted by atomic mass is 16.6. The van der Waals surface area contributed by atoms with Crippen LogP contribution in [-0.2, 0) is 14.3 Å². The molecule has 3 rings (SSSR count). The number of amides is 2. The fraction of sp³-hybridized carbons (Fsp3) is 0.750. The summed E-state index contributed by atoms with van der Waals surface area (Å²) in [6.45, 7) is 9.89. The molecule has 0 radical (unpaired) electrons. The van der Waals surface area contributed by atoms with Gasteiger partial charge in [-0.2, -0.15) is 0 Å². The van der Waals surface area contributed by atoms with Gasteiger partial charge in [0.2, 0.25) is 5.91 Å². The number of hydrogen-bond donors (Lipinski definition) is 2. The summed E-state index contributed by atoms with van der Waals surface area (Å²) in [4.78, 5) is 23.3. The Bertz CT molecular complexity index is 443. The van der Waals surface area contributed by atoms with Gasteiger partial charge in [-0.1, -0.05) is 6.58 Å². The maximum Gasteiger partial charge on any atom is 0.407 e. The minimum atomic E-state index is -0.508. The molecule has 1 saturated carbocycles. The van der Waals surface area contributed by atoms with Gasteiger partial charge in [0.1, 0.15) is 5.60 Å². The summed E-state index contributed by atoms with van der Waals surface area (Å²) in [6, 6.07) is 0. The number of nitrogens with one attached hydrogen (secondary N) is 2. The maximum atomic E-state index is 11.8. The highest BCUT2D eigenvalue weighted by molar-refractivity contribution is 5.87. The van der Waals surface area contributed by atoms with Gasteiger partial charge in [0.15, 0.2) is 0 Å². The minimum Gasteiger partial charge on any atom is -0.444 e. The molecule has 0 aromatic heterocycles. The summed E-state index contributed by atoms with van der Waals surface area (Å²) in [5.41, 5.74) is -1.12. The van der Waals surface area contributed by atoms with Crippen molar-refractivity contribution in [3.8, 4) is 0 Å². The van der Waals surface area contributed by atoms with Crippen LogP contribution in [0.3, 0.4) is 0 Å². The van der Waals surface area contributed by atoms with E-state index >= 15 is 0 Å². The molecular weight excluding hydrogens is 284 g/mol. The van der Waals surface area contributed by atoms with E-state index < -0.39 is 11.7 Å². The molecule has 2 N–H and O–H groups in total. The van der Waals surface area contributed by atoms with Crippen LogP contribution in [0.1, 0.15) is 46.5 Å². The Kier molecular flexibility index (Phi) is 4.52. The molecule has 2 heterocycles. The first-order valence-electron chi connectivity index (χ1n) is 7.73. The fourth-order valence-corrected chi connectivity index (χ4v) is 3.01. The van der Waals surface area contributed by atoms with Crippen LogP contribution in [0.25, 0.3) is 0 Å². The van der Waals surface area contributed by atoms with Crippen molar-refractivity contribution in [3.63, 3.8) is 0 Å². The van der Waals surface area contributed by atoms with Crippen molar-refractivity contribution >= 4 is 12.0 Å². The smallest absolute Gasteiger partial charge is 0.407 e. The number of alkyl carbamates (subject to hydrolysis) is 1. The Morgan fingerprint density at radius 2 is 1.91 bits per heavy atom. The number of rotatable bonds is 4. The zero-order chi connectivity index (χ0) is 16.4. The van der Waals surface area contributed by atoms with Crippen molar-refractivity contribution in [1.82, 2.24) is 10.6 Å². The molecule has 2 amide bonds. The van der Waals surface area contributed by atoms with Crippen LogP contribution in [0.5, 0.6) is 0 Å². The van der Waals surface area contributed by atoms with E-state index in [2.05, 4.69) is 17.2 Å². The largest absolute Gasteiger partial charge is 0.444 e. The first kappa shape index (κ1) is 16.8. The average molecular weight is 310 g/mol. The molecule has 6 heteroatoms. The molecule has 1 aliphatic carbocycles. The van der Waals surface area contributed by atoms with Gasteiger partial charge in [-0.15, -0.1) is 0 Å². The number of fused-ring (bicyclic) bond motifs is 3. The molecule has 2 bridgehead atoms. The monoisotopic (exact) mass is 310 g/mol. The number of carbonyl (C=O) groups excluding carboxylic acids is 2. The van der Waals surface area contributed by atoms with Crippen molar-refractivity contribution in [2.45, 2.75) is 63.2 Å². The Balaban J connectivity index is 1.85. The highest BCUT2D eigenvalue weighted by Gasteiger charge is 2.50. The second kappa shape index (κ2) is 5.91. The van der Waals surface area contributed by atoms with E-state index in [1.165, 1.54) is 6.08 Å². The third kappa shape index (κ3) is 4.00. The average Bonchev–Trinajstić information content (AvgIpc) is 2.45. The lowest BCUT2D eigenvalue weighted by Gasteiger charge is -2.53. The number of carbonyl (C=O) groups is 2. The molecule has 3 aliphatic rings. The molecule has 0 aromatic rings. The van der Waals surface area contributed by atoms with Crippen molar-refractivity contribution in [1.29, 1.82) is 0 Å². The lowest BCUT2D eigenvalue weighted by atomic mass is 9.71. The predicted octanol–water partition coefficient (Wildman–Crippen LogP) is 1.90. The Morgan fingerprint density at radius 3 is 2.36 bits per heavy atom. The lowest BCUT2D eigenvalue weighted by Crippen LogP contribution is -2.65. The van der Waals surface area contributed by atoms with E-state index in [4.69, 9.17) is 9.47 Å². The van der Waals surface area contributed by atoms with E-state index in [0.29, 0.717) is 13.2 Å². The van der Waals surface area contributed by atoms with Gasteiger partial charge in [-0.05, 0) is 52.5 Å². The Morgan fingerprint density at radius 1 is 1.27 bits per heavy atom. The standard InChI is InChI=1S/C16H26N2O4/c1-5-12(19)18-15-6-8-16(9-7-15,21-11-15)10-17-13(20)22-14(2,3)4/h5H,1,6-11H2,2-4H3,(H,17,20)(H,18,19). The van der Waals surface area contributed by atoms with Crippen molar-refractivity contribution in [2.24, 2.45) is 0 Å². The first-order chi connectivity index (χ1) is 10.2. The first-order valence-corrected chi connectivity index (χ1v) is 7.73. The Labute approximate surface area is 131 Å². The van der Waals surface area contributed by atoms with Crippen LogP contribution in [0.4, 0.5) is 4.79 Å². The number of hydrogen-bond acceptors (Lipinski definition) is 4. The fourth-order valence-electron chi connectivity index (χ4n) is 3.01. The van der Waals surface area contributed by atoms with Gasteiger partial charge < -0.3 is 20.1 Å². The molecule has 2 aliphatic heterocycles. The molecule has 0 unspecified atom stereocenters. The maximum absolute atomic E-state index is 11.8. The summed E-state index contributed by atoms with van der Waals surface area (Å²) < 4.78 is 11.2. The molecule has 124 valence electrons. The van der Waals surface area contributed by atoms with E-state index in [0.717, 1.165) is 25.7 Å². The Hall–Kier alpha value is -1.56. The van der Waals surface area contributed by atoms with Gasteiger partial charge in [0, 0.05) is 6.54 Å². The van der Waals surface area contributed by atoms with Gasteiger partial charge in [-0.3, -0.25) is 4.79 Å². The van der Waals surface area contributed by atoms with Crippen molar-refractivity contribution < 1.29 is 19.1 Å². The van der Waals surface area contributed by atoms with Crippen LogP contribution in [0, 0.1) is 0 Å². The van der Waals surface area contributed by atoms with E-state index in [1.807, 2.05) is 20.8 Å². The van der Waals surface area contributed by atoms with E-state index in [1.54, 1.807) is 0 Å². The normalized spacial score (nSPS) is 30.5. The minimum absolute atomic E-state index is 0.162. The SMILES string of the molecule is C=CC(=O)NC12CCC(CNC(=O)OC(C)(C)C)(CC1)OC2. The zero-order valence-electron chi connectivity index (χ0n) is 13.7. The summed E-state index contributed by atoms with van der Waals surface area (Å²) in [5, 5.41) is 5.79. The van der Waals surface area contributed by atoms with Crippen molar-refractivity contribution in [2.75, 3.05) is 13.2 Å². The van der Waals surface area contributed by atoms with Gasteiger partial charge in [0.05, 0.1) is 17.7 Å². The topological polar surface area (TPSA) is 76.7 Å². The summed E-state index contributed by atoms with van der Waals surface area (Å²) in [5.74, 6) is -0.162. The molecule has 22 heavy (non-hydrogen) atoms. The van der Waals surface area contributed by atoms with Crippen LogP contribution < -0.4 is 10.6 Å². The molecule has 0 atom stereocenters. The number of ether oxygens (including phenoxy) is 2. The zero-order valence-corrected chi connectivity index (χ0v) is 13.7. The third-order valence-corrected chi connectivity index (χ3v) is 4.30. The van der Waals surface area contributed by atoms with Gasteiger partial charge in [0.25, 0.3) is 0 Å². The summed E-state index contributed by atoms with van der Waals surface area (Å²) >= 11 is 0. The van der Waals surface area contributed by atoms with E-state index in [9.17, 15) is 9.59 Å². The van der Waals surface area contributed by atoms with Gasteiger partial charge >= 0.3 is 6.09 Å². The van der Waals surface area contributed by atoms with Crippen LogP contribution in [-0.4, -0.2) is 41.9 Å². The predicted molar refractivity (Wildman–Crippen MR) is 82.5 cm³/mol. The molecular formula is C16H26N2O4. The van der Waals surface area contributed by atoms with E-state index in [-0.39, 0.29) is 17.0 Å². The molecule has 6 nitrogen and oxygen atoms in total. The van der Waals surface area contributed by atoms with Crippen molar-refractivity contribution in [3.05, 3.63) is 12.7 Å². The second-order valence-electron chi connectivity index (χ2n) is 7.30. The van der Waals surface area contributed by atoms with Crippen LogP contribution >= 0.6 is 0 Å². The highest BCUT2D eigenvalue weighted by Crippen LogP contribution is 2.43.